The topological polar surface area (TPSA) is 87.3 Å². The number of carbonyl (C=O) groups is 3. The summed E-state index contributed by atoms with van der Waals surface area (Å²) >= 11 is 11.6. The summed E-state index contributed by atoms with van der Waals surface area (Å²) in [5.41, 5.74) is 1.22. The van der Waals surface area contributed by atoms with E-state index in [1.54, 1.807) is 18.2 Å². The van der Waals surface area contributed by atoms with Crippen molar-refractivity contribution in [2.45, 2.75) is 6.92 Å². The number of rotatable bonds is 3. The molecule has 3 amide bonds. The van der Waals surface area contributed by atoms with E-state index in [0.717, 1.165) is 0 Å². The zero-order chi connectivity index (χ0) is 17.7. The molecule has 0 spiro atoms. The first-order valence-electron chi connectivity index (χ1n) is 6.80. The average molecular weight is 366 g/mol. The van der Waals surface area contributed by atoms with E-state index < -0.39 is 11.8 Å². The summed E-state index contributed by atoms with van der Waals surface area (Å²) in [5.74, 6) is -1.96. The summed E-state index contributed by atoms with van der Waals surface area (Å²) in [5, 5.41) is 8.04. The van der Waals surface area contributed by atoms with Gasteiger partial charge in [-0.25, -0.2) is 0 Å². The molecule has 0 atom stereocenters. The smallest absolute Gasteiger partial charge is 0.314 e. The van der Waals surface area contributed by atoms with Crippen LogP contribution in [0, 0.1) is 0 Å². The molecule has 0 aliphatic heterocycles. The van der Waals surface area contributed by atoms with Gasteiger partial charge in [0.1, 0.15) is 0 Å². The fourth-order valence-corrected chi connectivity index (χ4v) is 2.13. The number of hydrogen-bond acceptors (Lipinski definition) is 3. The molecule has 2 rings (SSSR count). The second kappa shape index (κ2) is 7.81. The summed E-state index contributed by atoms with van der Waals surface area (Å²) in [6.45, 7) is 1.37. The first kappa shape index (κ1) is 17.8. The summed E-state index contributed by atoms with van der Waals surface area (Å²) in [6.07, 6.45) is 0. The van der Waals surface area contributed by atoms with E-state index in [9.17, 15) is 14.4 Å². The van der Waals surface area contributed by atoms with E-state index in [4.69, 9.17) is 23.2 Å². The van der Waals surface area contributed by atoms with Crippen LogP contribution < -0.4 is 16.0 Å². The minimum Gasteiger partial charge on any atom is -0.326 e. The second-order valence-corrected chi connectivity index (χ2v) is 5.61. The van der Waals surface area contributed by atoms with Crippen molar-refractivity contribution < 1.29 is 14.4 Å². The third-order valence-corrected chi connectivity index (χ3v) is 3.56. The number of hydrogen-bond donors (Lipinski definition) is 3. The Bertz CT molecular complexity index is 809. The highest BCUT2D eigenvalue weighted by Crippen LogP contribution is 2.25. The Hall–Kier alpha value is -2.57. The average Bonchev–Trinajstić information content (AvgIpc) is 2.50. The fourth-order valence-electron chi connectivity index (χ4n) is 1.83. The lowest BCUT2D eigenvalue weighted by molar-refractivity contribution is -0.132. The number of nitrogens with one attached hydrogen (secondary N) is 3. The van der Waals surface area contributed by atoms with E-state index in [1.807, 2.05) is 0 Å². The van der Waals surface area contributed by atoms with Gasteiger partial charge >= 0.3 is 11.8 Å². The molecule has 0 aliphatic carbocycles. The molecule has 2 aromatic rings. The van der Waals surface area contributed by atoms with Crippen molar-refractivity contribution in [1.82, 2.24) is 0 Å². The van der Waals surface area contributed by atoms with Crippen LogP contribution in [0.25, 0.3) is 0 Å². The Morgan fingerprint density at radius 1 is 0.750 bits per heavy atom. The van der Waals surface area contributed by atoms with Crippen LogP contribution in [-0.2, 0) is 14.4 Å². The van der Waals surface area contributed by atoms with Gasteiger partial charge < -0.3 is 16.0 Å². The van der Waals surface area contributed by atoms with Crippen molar-refractivity contribution in [3.8, 4) is 0 Å². The lowest BCUT2D eigenvalue weighted by Crippen LogP contribution is -2.29. The molecule has 0 aliphatic rings. The van der Waals surface area contributed by atoms with E-state index in [0.29, 0.717) is 22.1 Å². The van der Waals surface area contributed by atoms with Crippen LogP contribution in [0.3, 0.4) is 0 Å². The van der Waals surface area contributed by atoms with Crippen LogP contribution in [0.15, 0.2) is 42.5 Å². The van der Waals surface area contributed by atoms with Gasteiger partial charge in [0.25, 0.3) is 0 Å². The summed E-state index contributed by atoms with van der Waals surface area (Å²) in [7, 11) is 0. The van der Waals surface area contributed by atoms with Crippen LogP contribution in [0.2, 0.25) is 10.0 Å². The quantitative estimate of drug-likeness (QED) is 0.727. The normalized spacial score (nSPS) is 9.96. The fraction of sp³-hybridized carbons (Fsp3) is 0.0625. The van der Waals surface area contributed by atoms with Crippen molar-refractivity contribution in [1.29, 1.82) is 0 Å². The first-order valence-corrected chi connectivity index (χ1v) is 7.56. The van der Waals surface area contributed by atoms with Gasteiger partial charge in [-0.15, -0.1) is 0 Å². The number of carbonyl (C=O) groups excluding carboxylic acids is 3. The Balaban J connectivity index is 2.02. The number of anilines is 3. The van der Waals surface area contributed by atoms with E-state index in [1.165, 1.54) is 31.2 Å². The highest BCUT2D eigenvalue weighted by Gasteiger charge is 2.15. The van der Waals surface area contributed by atoms with Crippen LogP contribution in [-0.4, -0.2) is 17.7 Å². The van der Waals surface area contributed by atoms with Crippen LogP contribution in [0.4, 0.5) is 17.1 Å². The second-order valence-electron chi connectivity index (χ2n) is 4.80. The molecular formula is C16H13Cl2N3O3. The SMILES string of the molecule is CC(=O)Nc1cccc(NC(=O)C(=O)Nc2ccc(Cl)c(Cl)c2)c1. The van der Waals surface area contributed by atoms with E-state index in [2.05, 4.69) is 16.0 Å². The standard InChI is InChI=1S/C16H13Cl2N3O3/c1-9(22)19-10-3-2-4-11(7-10)20-15(23)16(24)21-12-5-6-13(17)14(18)8-12/h2-8H,1H3,(H,19,22)(H,20,23)(H,21,24). The van der Waals surface area contributed by atoms with Crippen molar-refractivity contribution in [3.05, 3.63) is 52.5 Å². The van der Waals surface area contributed by atoms with Crippen molar-refractivity contribution in [2.75, 3.05) is 16.0 Å². The highest BCUT2D eigenvalue weighted by molar-refractivity contribution is 6.44. The third-order valence-electron chi connectivity index (χ3n) is 2.82. The number of halogens is 2. The van der Waals surface area contributed by atoms with Crippen molar-refractivity contribution in [2.24, 2.45) is 0 Å². The number of benzene rings is 2. The highest BCUT2D eigenvalue weighted by atomic mass is 35.5. The van der Waals surface area contributed by atoms with Gasteiger partial charge in [-0.2, -0.15) is 0 Å². The molecule has 8 heteroatoms. The summed E-state index contributed by atoms with van der Waals surface area (Å²) < 4.78 is 0. The van der Waals surface area contributed by atoms with Crippen LogP contribution in [0.5, 0.6) is 0 Å². The predicted molar refractivity (Wildman–Crippen MR) is 94.5 cm³/mol. The van der Waals surface area contributed by atoms with Gasteiger partial charge in [-0.05, 0) is 36.4 Å². The molecule has 0 unspecified atom stereocenters. The predicted octanol–water partition coefficient (Wildman–Crippen LogP) is 3.53. The maximum absolute atomic E-state index is 11.9. The van der Waals surface area contributed by atoms with E-state index >= 15 is 0 Å². The Morgan fingerprint density at radius 2 is 1.29 bits per heavy atom. The summed E-state index contributed by atoms with van der Waals surface area (Å²) in [6, 6.07) is 10.9. The molecule has 24 heavy (non-hydrogen) atoms. The van der Waals surface area contributed by atoms with Crippen molar-refractivity contribution >= 4 is 58.0 Å². The Kier molecular flexibility index (Phi) is 5.78. The van der Waals surface area contributed by atoms with Gasteiger partial charge in [0, 0.05) is 24.0 Å². The Labute approximate surface area is 148 Å². The summed E-state index contributed by atoms with van der Waals surface area (Å²) in [4.78, 5) is 34.9. The van der Waals surface area contributed by atoms with Gasteiger partial charge in [-0.3, -0.25) is 14.4 Å². The minimum atomic E-state index is -0.863. The Morgan fingerprint density at radius 3 is 1.83 bits per heavy atom. The van der Waals surface area contributed by atoms with Gasteiger partial charge in [0.15, 0.2) is 0 Å². The molecule has 0 radical (unpaired) electrons. The largest absolute Gasteiger partial charge is 0.326 e. The molecule has 0 saturated carbocycles. The van der Waals surface area contributed by atoms with Crippen LogP contribution in [0.1, 0.15) is 6.92 Å². The minimum absolute atomic E-state index is 0.240. The van der Waals surface area contributed by atoms with Crippen LogP contribution >= 0.6 is 23.2 Å². The van der Waals surface area contributed by atoms with E-state index in [-0.39, 0.29) is 10.9 Å². The molecule has 3 N–H and O–H groups in total. The number of amides is 3. The van der Waals surface area contributed by atoms with Gasteiger partial charge in [-0.1, -0.05) is 29.3 Å². The van der Waals surface area contributed by atoms with Crippen molar-refractivity contribution in [3.63, 3.8) is 0 Å². The monoisotopic (exact) mass is 365 g/mol. The molecule has 0 aromatic heterocycles. The molecule has 124 valence electrons. The lowest BCUT2D eigenvalue weighted by atomic mass is 10.2. The molecule has 0 fully saturated rings. The molecule has 0 heterocycles. The molecule has 6 nitrogen and oxygen atoms in total. The van der Waals surface area contributed by atoms with Gasteiger partial charge in [0.05, 0.1) is 10.0 Å². The molecular weight excluding hydrogens is 353 g/mol. The molecule has 2 aromatic carbocycles. The van der Waals surface area contributed by atoms with Gasteiger partial charge in [0.2, 0.25) is 5.91 Å². The maximum atomic E-state index is 11.9. The molecule has 0 bridgehead atoms. The zero-order valence-corrected chi connectivity index (χ0v) is 14.0. The first-order chi connectivity index (χ1) is 11.3. The lowest BCUT2D eigenvalue weighted by Gasteiger charge is -2.09. The maximum Gasteiger partial charge on any atom is 0.314 e. The molecule has 0 saturated heterocycles. The zero-order valence-electron chi connectivity index (χ0n) is 12.5. The third kappa shape index (κ3) is 4.97.